The van der Waals surface area contributed by atoms with E-state index in [0.717, 1.165) is 32.5 Å². The van der Waals surface area contributed by atoms with Crippen molar-refractivity contribution in [2.45, 2.75) is 31.4 Å². The van der Waals surface area contributed by atoms with Crippen LogP contribution in [0.4, 0.5) is 0 Å². The lowest BCUT2D eigenvalue weighted by Gasteiger charge is -2.54. The topological polar surface area (TPSA) is 55.5 Å². The van der Waals surface area contributed by atoms with Crippen molar-refractivity contribution >= 4 is 0 Å². The van der Waals surface area contributed by atoms with Crippen LogP contribution in [0, 0.1) is 5.41 Å². The molecule has 11 heavy (non-hydrogen) atoms. The average molecular weight is 157 g/mol. The van der Waals surface area contributed by atoms with Gasteiger partial charge in [-0.2, -0.15) is 0 Å². The third-order valence-corrected chi connectivity index (χ3v) is 3.30. The molecule has 0 aromatic heterocycles. The fraction of sp³-hybridized carbons (Fsp3) is 1.00. The Labute approximate surface area is 66.5 Å². The molecular weight excluding hydrogens is 142 g/mol. The van der Waals surface area contributed by atoms with Gasteiger partial charge < -0.3 is 15.6 Å². The van der Waals surface area contributed by atoms with Crippen molar-refractivity contribution in [1.29, 1.82) is 0 Å². The second-order valence-corrected chi connectivity index (χ2v) is 3.70. The smallest absolute Gasteiger partial charge is 0.0627 e. The third kappa shape index (κ3) is 0.916. The normalized spacial score (nSPS) is 42.0. The fourth-order valence-corrected chi connectivity index (χ4v) is 2.25. The first-order valence-electron chi connectivity index (χ1n) is 4.27. The van der Waals surface area contributed by atoms with E-state index in [4.69, 9.17) is 10.5 Å². The number of aliphatic hydroxyl groups is 1. The number of ether oxygens (including phenoxy) is 1. The summed E-state index contributed by atoms with van der Waals surface area (Å²) in [5, 5.41) is 9.56. The maximum absolute atomic E-state index is 9.56. The van der Waals surface area contributed by atoms with Gasteiger partial charge in [0.1, 0.15) is 0 Å². The van der Waals surface area contributed by atoms with Crippen LogP contribution < -0.4 is 5.73 Å². The summed E-state index contributed by atoms with van der Waals surface area (Å²) in [5.41, 5.74) is 5.89. The van der Waals surface area contributed by atoms with Crippen LogP contribution in [-0.2, 0) is 4.74 Å². The predicted molar refractivity (Wildman–Crippen MR) is 41.1 cm³/mol. The van der Waals surface area contributed by atoms with E-state index in [1.54, 1.807) is 0 Å². The van der Waals surface area contributed by atoms with Crippen molar-refractivity contribution < 1.29 is 9.84 Å². The first-order valence-corrected chi connectivity index (χ1v) is 4.27. The Kier molecular flexibility index (Phi) is 1.67. The van der Waals surface area contributed by atoms with Crippen LogP contribution in [0.3, 0.4) is 0 Å². The molecule has 1 aliphatic heterocycles. The first-order chi connectivity index (χ1) is 5.26. The quantitative estimate of drug-likeness (QED) is 0.515. The zero-order valence-corrected chi connectivity index (χ0v) is 6.62. The lowest BCUT2D eigenvalue weighted by molar-refractivity contribution is -0.138. The Hall–Kier alpha value is -0.120. The molecule has 0 radical (unpaired) electrons. The minimum absolute atomic E-state index is 0.0260. The largest absolute Gasteiger partial charge is 0.392 e. The standard InChI is InChI=1S/C8H15NO2/c9-6-5-7(10)8(6)1-3-11-4-2-8/h6-7,10H,1-5,9H2/t6-,7-/m0/s1. The number of aliphatic hydroxyl groups excluding tert-OH is 1. The summed E-state index contributed by atoms with van der Waals surface area (Å²) >= 11 is 0. The molecule has 0 unspecified atom stereocenters. The third-order valence-electron chi connectivity index (χ3n) is 3.30. The van der Waals surface area contributed by atoms with Gasteiger partial charge in [0, 0.05) is 24.7 Å². The van der Waals surface area contributed by atoms with Crippen molar-refractivity contribution in [3.05, 3.63) is 0 Å². The second-order valence-electron chi connectivity index (χ2n) is 3.70. The maximum atomic E-state index is 9.56. The molecule has 1 spiro atoms. The van der Waals surface area contributed by atoms with Gasteiger partial charge in [0.05, 0.1) is 6.10 Å². The van der Waals surface area contributed by atoms with Gasteiger partial charge in [-0.25, -0.2) is 0 Å². The van der Waals surface area contributed by atoms with Gasteiger partial charge in [-0.05, 0) is 19.3 Å². The molecule has 64 valence electrons. The number of rotatable bonds is 0. The van der Waals surface area contributed by atoms with Crippen molar-refractivity contribution in [2.75, 3.05) is 13.2 Å². The molecule has 0 bridgehead atoms. The maximum Gasteiger partial charge on any atom is 0.0627 e. The van der Waals surface area contributed by atoms with E-state index in [1.807, 2.05) is 0 Å². The average Bonchev–Trinajstić information content (AvgIpc) is 2.07. The summed E-state index contributed by atoms with van der Waals surface area (Å²) in [6, 6.07) is 0.210. The Morgan fingerprint density at radius 2 is 2.00 bits per heavy atom. The van der Waals surface area contributed by atoms with E-state index >= 15 is 0 Å². The number of hydrogen-bond donors (Lipinski definition) is 2. The van der Waals surface area contributed by atoms with Crippen LogP contribution in [-0.4, -0.2) is 30.5 Å². The monoisotopic (exact) mass is 157 g/mol. The van der Waals surface area contributed by atoms with Crippen LogP contribution in [0.25, 0.3) is 0 Å². The van der Waals surface area contributed by atoms with Crippen molar-refractivity contribution in [3.8, 4) is 0 Å². The van der Waals surface area contributed by atoms with Crippen LogP contribution in [0.5, 0.6) is 0 Å². The molecule has 1 aliphatic carbocycles. The summed E-state index contributed by atoms with van der Waals surface area (Å²) in [5.74, 6) is 0. The van der Waals surface area contributed by atoms with Crippen LogP contribution in [0.1, 0.15) is 19.3 Å². The minimum Gasteiger partial charge on any atom is -0.392 e. The summed E-state index contributed by atoms with van der Waals surface area (Å²) < 4.78 is 5.23. The Bertz CT molecular complexity index is 144. The molecule has 3 nitrogen and oxygen atoms in total. The minimum atomic E-state index is -0.165. The molecule has 0 aromatic carbocycles. The number of hydrogen-bond acceptors (Lipinski definition) is 3. The first kappa shape index (κ1) is 7.53. The summed E-state index contributed by atoms with van der Waals surface area (Å²) in [6.07, 6.45) is 2.49. The predicted octanol–water partition coefficient (Wildman–Crippen LogP) is -0.125. The van der Waals surface area contributed by atoms with E-state index in [1.165, 1.54) is 0 Å². The van der Waals surface area contributed by atoms with E-state index < -0.39 is 0 Å². The molecule has 2 fully saturated rings. The van der Waals surface area contributed by atoms with E-state index in [2.05, 4.69) is 0 Å². The van der Waals surface area contributed by atoms with Gasteiger partial charge in [0.15, 0.2) is 0 Å². The van der Waals surface area contributed by atoms with Gasteiger partial charge >= 0.3 is 0 Å². The summed E-state index contributed by atoms with van der Waals surface area (Å²) in [4.78, 5) is 0. The zero-order chi connectivity index (χ0) is 7.90. The molecule has 3 N–H and O–H groups in total. The molecule has 1 saturated heterocycles. The summed E-state index contributed by atoms with van der Waals surface area (Å²) in [7, 11) is 0. The lowest BCUT2D eigenvalue weighted by atomic mass is 9.58. The molecule has 2 atom stereocenters. The zero-order valence-electron chi connectivity index (χ0n) is 6.62. The highest BCUT2D eigenvalue weighted by atomic mass is 16.5. The molecule has 1 saturated carbocycles. The van der Waals surface area contributed by atoms with Gasteiger partial charge in [-0.15, -0.1) is 0 Å². The highest BCUT2D eigenvalue weighted by Gasteiger charge is 2.52. The van der Waals surface area contributed by atoms with Crippen molar-refractivity contribution in [2.24, 2.45) is 11.1 Å². The van der Waals surface area contributed by atoms with E-state index in [9.17, 15) is 5.11 Å². The van der Waals surface area contributed by atoms with Gasteiger partial charge in [-0.3, -0.25) is 0 Å². The highest BCUT2D eigenvalue weighted by Crippen LogP contribution is 2.47. The van der Waals surface area contributed by atoms with Crippen molar-refractivity contribution in [3.63, 3.8) is 0 Å². The Morgan fingerprint density at radius 1 is 1.36 bits per heavy atom. The molecule has 0 amide bonds. The van der Waals surface area contributed by atoms with Gasteiger partial charge in [0.2, 0.25) is 0 Å². The molecular formula is C8H15NO2. The molecule has 2 aliphatic rings. The Balaban J connectivity index is 2.06. The molecule has 0 aromatic rings. The summed E-state index contributed by atoms with van der Waals surface area (Å²) in [6.45, 7) is 1.54. The van der Waals surface area contributed by atoms with Crippen molar-refractivity contribution in [1.82, 2.24) is 0 Å². The van der Waals surface area contributed by atoms with Crippen LogP contribution in [0.15, 0.2) is 0 Å². The van der Waals surface area contributed by atoms with E-state index in [-0.39, 0.29) is 17.6 Å². The molecule has 3 heteroatoms. The number of nitrogens with two attached hydrogens (primary N) is 1. The van der Waals surface area contributed by atoms with Gasteiger partial charge in [-0.1, -0.05) is 0 Å². The lowest BCUT2D eigenvalue weighted by Crippen LogP contribution is -2.63. The second kappa shape index (κ2) is 2.44. The van der Waals surface area contributed by atoms with E-state index in [0.29, 0.717) is 0 Å². The molecule has 2 rings (SSSR count). The fourth-order valence-electron chi connectivity index (χ4n) is 2.25. The SMILES string of the molecule is N[C@H]1C[C@H](O)C12CCOCC2. The van der Waals surface area contributed by atoms with Gasteiger partial charge in [0.25, 0.3) is 0 Å². The van der Waals surface area contributed by atoms with Crippen LogP contribution >= 0.6 is 0 Å². The highest BCUT2D eigenvalue weighted by molar-refractivity contribution is 5.06. The van der Waals surface area contributed by atoms with Crippen LogP contribution in [0.2, 0.25) is 0 Å². The molecule has 1 heterocycles. The Morgan fingerprint density at radius 3 is 2.36 bits per heavy atom.